The van der Waals surface area contributed by atoms with Gasteiger partial charge in [0.15, 0.2) is 0 Å². The third-order valence-electron chi connectivity index (χ3n) is 3.51. The third-order valence-corrected chi connectivity index (χ3v) is 3.51. The standard InChI is InChI=1S/C16H15N3O2/c1-11-10-19(16(21)12-5-4-8-17-9-12)14-7-3-2-6-13(14)18-15(11)20/h2-9,11H,10H2,1H3,(H,18,20)/t11-/m0/s1. The molecule has 2 heterocycles. The second-order valence-corrected chi connectivity index (χ2v) is 5.06. The quantitative estimate of drug-likeness (QED) is 0.872. The van der Waals surface area contributed by atoms with Crippen molar-refractivity contribution < 1.29 is 9.59 Å². The number of hydrogen-bond acceptors (Lipinski definition) is 3. The zero-order chi connectivity index (χ0) is 14.8. The second kappa shape index (κ2) is 5.36. The number of nitrogens with zero attached hydrogens (tertiary/aromatic N) is 2. The van der Waals surface area contributed by atoms with E-state index in [0.29, 0.717) is 23.5 Å². The summed E-state index contributed by atoms with van der Waals surface area (Å²) in [5.41, 5.74) is 1.88. The van der Waals surface area contributed by atoms with Crippen LogP contribution in [0.15, 0.2) is 48.8 Å². The van der Waals surface area contributed by atoms with Crippen LogP contribution in [0.25, 0.3) is 0 Å². The topological polar surface area (TPSA) is 62.3 Å². The lowest BCUT2D eigenvalue weighted by atomic mass is 10.1. The monoisotopic (exact) mass is 281 g/mol. The minimum atomic E-state index is -0.280. The van der Waals surface area contributed by atoms with E-state index in [4.69, 9.17) is 0 Å². The van der Waals surface area contributed by atoms with Gasteiger partial charge in [-0.1, -0.05) is 19.1 Å². The van der Waals surface area contributed by atoms with Crippen molar-refractivity contribution in [2.75, 3.05) is 16.8 Å². The number of rotatable bonds is 1. The molecule has 3 rings (SSSR count). The molecule has 0 spiro atoms. The first-order valence-electron chi connectivity index (χ1n) is 6.78. The van der Waals surface area contributed by atoms with Crippen LogP contribution in [0, 0.1) is 5.92 Å². The average Bonchev–Trinajstić information content (AvgIpc) is 2.65. The first kappa shape index (κ1) is 13.3. The highest BCUT2D eigenvalue weighted by Gasteiger charge is 2.29. The van der Waals surface area contributed by atoms with Gasteiger partial charge in [-0.3, -0.25) is 14.6 Å². The number of fused-ring (bicyclic) bond motifs is 1. The molecule has 106 valence electrons. The number of pyridine rings is 1. The van der Waals surface area contributed by atoms with Gasteiger partial charge in [0, 0.05) is 18.9 Å². The molecule has 5 nitrogen and oxygen atoms in total. The number of aromatic nitrogens is 1. The summed E-state index contributed by atoms with van der Waals surface area (Å²) in [7, 11) is 0. The fourth-order valence-electron chi connectivity index (χ4n) is 2.36. The molecule has 5 heteroatoms. The molecular formula is C16H15N3O2. The van der Waals surface area contributed by atoms with Crippen molar-refractivity contribution in [1.82, 2.24) is 4.98 Å². The van der Waals surface area contributed by atoms with Crippen LogP contribution in [0.4, 0.5) is 11.4 Å². The molecule has 0 aliphatic carbocycles. The van der Waals surface area contributed by atoms with Gasteiger partial charge in [-0.15, -0.1) is 0 Å². The molecule has 1 aliphatic heterocycles. The van der Waals surface area contributed by atoms with Gasteiger partial charge >= 0.3 is 0 Å². The van der Waals surface area contributed by atoms with Gasteiger partial charge in [-0.25, -0.2) is 0 Å². The van der Waals surface area contributed by atoms with E-state index < -0.39 is 0 Å². The van der Waals surface area contributed by atoms with E-state index in [0.717, 1.165) is 0 Å². The lowest BCUT2D eigenvalue weighted by molar-refractivity contribution is -0.119. The molecule has 1 aliphatic rings. The van der Waals surface area contributed by atoms with Gasteiger partial charge < -0.3 is 10.2 Å². The van der Waals surface area contributed by atoms with Crippen LogP contribution in [0.2, 0.25) is 0 Å². The van der Waals surface area contributed by atoms with Crippen molar-refractivity contribution in [2.45, 2.75) is 6.92 Å². The summed E-state index contributed by atoms with van der Waals surface area (Å²) in [6.07, 6.45) is 3.16. The molecule has 2 aromatic rings. The predicted molar refractivity (Wildman–Crippen MR) is 80.1 cm³/mol. The maximum absolute atomic E-state index is 12.7. The summed E-state index contributed by atoms with van der Waals surface area (Å²) in [4.78, 5) is 30.4. The van der Waals surface area contributed by atoms with Crippen LogP contribution in [-0.2, 0) is 4.79 Å². The highest BCUT2D eigenvalue weighted by Crippen LogP contribution is 2.30. The Kier molecular flexibility index (Phi) is 3.39. The highest BCUT2D eigenvalue weighted by molar-refractivity contribution is 6.10. The van der Waals surface area contributed by atoms with Crippen molar-refractivity contribution in [2.24, 2.45) is 5.92 Å². The number of carbonyl (C=O) groups excluding carboxylic acids is 2. The van der Waals surface area contributed by atoms with Crippen molar-refractivity contribution in [3.8, 4) is 0 Å². The van der Waals surface area contributed by atoms with E-state index in [-0.39, 0.29) is 17.7 Å². The fourth-order valence-corrected chi connectivity index (χ4v) is 2.36. The minimum Gasteiger partial charge on any atom is -0.324 e. The number of anilines is 2. The number of benzene rings is 1. The lowest BCUT2D eigenvalue weighted by Gasteiger charge is -2.23. The molecule has 0 bridgehead atoms. The Morgan fingerprint density at radius 3 is 2.86 bits per heavy atom. The molecule has 1 aromatic heterocycles. The van der Waals surface area contributed by atoms with Crippen LogP contribution in [0.5, 0.6) is 0 Å². The Balaban J connectivity index is 2.04. The second-order valence-electron chi connectivity index (χ2n) is 5.06. The van der Waals surface area contributed by atoms with Gasteiger partial charge in [-0.05, 0) is 24.3 Å². The summed E-state index contributed by atoms with van der Waals surface area (Å²) < 4.78 is 0. The number of amides is 2. The highest BCUT2D eigenvalue weighted by atomic mass is 16.2. The van der Waals surface area contributed by atoms with Crippen LogP contribution >= 0.6 is 0 Å². The SMILES string of the molecule is C[C@H]1CN(C(=O)c2cccnc2)c2ccccc2NC1=O. The molecule has 2 amide bonds. The Hall–Kier alpha value is -2.69. The van der Waals surface area contributed by atoms with E-state index in [2.05, 4.69) is 10.3 Å². The van der Waals surface area contributed by atoms with Crippen LogP contribution in [0.1, 0.15) is 17.3 Å². The summed E-state index contributed by atoms with van der Waals surface area (Å²) in [6, 6.07) is 10.8. The maximum atomic E-state index is 12.7. The predicted octanol–water partition coefficient (Wildman–Crippen LogP) is 2.32. The third kappa shape index (κ3) is 2.50. The molecule has 0 unspecified atom stereocenters. The lowest BCUT2D eigenvalue weighted by Crippen LogP contribution is -2.35. The van der Waals surface area contributed by atoms with Gasteiger partial charge in [0.2, 0.25) is 5.91 Å². The van der Waals surface area contributed by atoms with Crippen molar-refractivity contribution in [3.63, 3.8) is 0 Å². The number of hydrogen-bond donors (Lipinski definition) is 1. The van der Waals surface area contributed by atoms with Crippen LogP contribution in [0.3, 0.4) is 0 Å². The summed E-state index contributed by atoms with van der Waals surface area (Å²) in [5, 5.41) is 2.86. The van der Waals surface area contributed by atoms with E-state index in [9.17, 15) is 9.59 Å². The molecule has 1 aromatic carbocycles. The van der Waals surface area contributed by atoms with E-state index >= 15 is 0 Å². The van der Waals surface area contributed by atoms with Gasteiger partial charge in [-0.2, -0.15) is 0 Å². The van der Waals surface area contributed by atoms with Gasteiger partial charge in [0.05, 0.1) is 22.9 Å². The molecule has 1 N–H and O–H groups in total. The Morgan fingerprint density at radius 2 is 2.10 bits per heavy atom. The molecule has 0 saturated carbocycles. The molecule has 21 heavy (non-hydrogen) atoms. The largest absolute Gasteiger partial charge is 0.324 e. The zero-order valence-electron chi connectivity index (χ0n) is 11.6. The zero-order valence-corrected chi connectivity index (χ0v) is 11.6. The molecule has 0 fully saturated rings. The maximum Gasteiger partial charge on any atom is 0.259 e. The van der Waals surface area contributed by atoms with Crippen LogP contribution in [-0.4, -0.2) is 23.3 Å². The van der Waals surface area contributed by atoms with Gasteiger partial charge in [0.1, 0.15) is 0 Å². The average molecular weight is 281 g/mol. The normalized spacial score (nSPS) is 17.7. The Labute approximate surface area is 122 Å². The summed E-state index contributed by atoms with van der Waals surface area (Å²) in [6.45, 7) is 2.15. The van der Waals surface area contributed by atoms with E-state index in [1.807, 2.05) is 25.1 Å². The molecular weight excluding hydrogens is 266 g/mol. The minimum absolute atomic E-state index is 0.0797. The van der Waals surface area contributed by atoms with E-state index in [1.54, 1.807) is 29.3 Å². The summed E-state index contributed by atoms with van der Waals surface area (Å²) >= 11 is 0. The fraction of sp³-hybridized carbons (Fsp3) is 0.188. The first-order chi connectivity index (χ1) is 10.2. The Bertz CT molecular complexity index is 685. The van der Waals surface area contributed by atoms with Crippen molar-refractivity contribution in [3.05, 3.63) is 54.4 Å². The summed E-state index contributed by atoms with van der Waals surface area (Å²) in [5.74, 6) is -0.513. The molecule has 0 radical (unpaired) electrons. The Morgan fingerprint density at radius 1 is 1.29 bits per heavy atom. The molecule has 0 saturated heterocycles. The first-order valence-corrected chi connectivity index (χ1v) is 6.78. The number of nitrogens with one attached hydrogen (secondary N) is 1. The van der Waals surface area contributed by atoms with E-state index in [1.165, 1.54) is 6.20 Å². The number of para-hydroxylation sites is 2. The number of carbonyl (C=O) groups is 2. The van der Waals surface area contributed by atoms with Crippen molar-refractivity contribution in [1.29, 1.82) is 0 Å². The smallest absolute Gasteiger partial charge is 0.259 e. The van der Waals surface area contributed by atoms with Gasteiger partial charge in [0.25, 0.3) is 5.91 Å². The molecule has 1 atom stereocenters. The van der Waals surface area contributed by atoms with Crippen LogP contribution < -0.4 is 10.2 Å². The van der Waals surface area contributed by atoms with Crippen molar-refractivity contribution >= 4 is 23.2 Å².